The molecule has 2 aliphatic rings. The lowest BCUT2D eigenvalue weighted by molar-refractivity contribution is 0.301. The molecule has 6 rings (SSSR count). The van der Waals surface area contributed by atoms with Crippen LogP contribution in [0.1, 0.15) is 47.2 Å². The first-order valence-electron chi connectivity index (χ1n) is 11.3. The first-order chi connectivity index (χ1) is 15.7. The molecule has 0 spiro atoms. The van der Waals surface area contributed by atoms with Crippen molar-refractivity contribution in [1.29, 1.82) is 0 Å². The van der Waals surface area contributed by atoms with Gasteiger partial charge in [0.05, 0.1) is 12.2 Å². The second-order valence-corrected chi connectivity index (χ2v) is 9.76. The fraction of sp³-hybridized carbons (Fsp3) is 0.308. The Bertz CT molecular complexity index is 1230. The minimum absolute atomic E-state index is 0.185. The molecule has 3 heterocycles. The highest BCUT2D eigenvalue weighted by Gasteiger charge is 2.40. The van der Waals surface area contributed by atoms with Gasteiger partial charge >= 0.3 is 0 Å². The maximum absolute atomic E-state index is 4.81. The van der Waals surface area contributed by atoms with Gasteiger partial charge in [0.2, 0.25) is 0 Å². The van der Waals surface area contributed by atoms with E-state index in [9.17, 15) is 0 Å². The molecule has 1 saturated carbocycles. The summed E-state index contributed by atoms with van der Waals surface area (Å²) in [4.78, 5) is 11.7. The van der Waals surface area contributed by atoms with Gasteiger partial charge in [0.25, 0.3) is 0 Å². The summed E-state index contributed by atoms with van der Waals surface area (Å²) < 4.78 is 0. The van der Waals surface area contributed by atoms with Crippen LogP contribution in [0.2, 0.25) is 0 Å². The molecule has 0 unspecified atom stereocenters. The number of nitrogens with zero attached hydrogens (tertiary/aromatic N) is 5. The molecule has 1 aliphatic heterocycles. The molecular formula is C26H25N5S. The average Bonchev–Trinajstić information content (AvgIpc) is 3.34. The number of aromatic nitrogens is 4. The molecule has 2 aromatic carbocycles. The normalized spacial score (nSPS) is 17.0. The summed E-state index contributed by atoms with van der Waals surface area (Å²) in [5.74, 6) is 0.675. The molecule has 160 valence electrons. The number of benzene rings is 2. The Kier molecular flexibility index (Phi) is 4.76. The van der Waals surface area contributed by atoms with Crippen molar-refractivity contribution < 1.29 is 0 Å². The number of anilines is 1. The maximum atomic E-state index is 4.81. The third-order valence-corrected chi connectivity index (χ3v) is 7.78. The number of aryl methyl sites for hydroxylation is 1. The molecule has 0 amide bonds. The van der Waals surface area contributed by atoms with Gasteiger partial charge in [-0.15, -0.1) is 10.2 Å². The molecule has 1 fully saturated rings. The zero-order valence-corrected chi connectivity index (χ0v) is 19.0. The van der Waals surface area contributed by atoms with Gasteiger partial charge < -0.3 is 4.90 Å². The molecule has 2 aromatic heterocycles. The fourth-order valence-electron chi connectivity index (χ4n) is 5.04. The standard InChI is InChI=1S/C26H25N5S/c1-18-3-5-20(6-4-18)26(12-2-13-26)21-7-9-22(10-8-21)31-14-11-19-15-27-24(29-23(19)16-31)25-30-28-17-32-25/h3-10,15,17H,2,11-14,16H2,1H3. The Morgan fingerprint density at radius 3 is 2.38 bits per heavy atom. The predicted octanol–water partition coefficient (Wildman–Crippen LogP) is 5.34. The van der Waals surface area contributed by atoms with Crippen molar-refractivity contribution in [2.24, 2.45) is 0 Å². The quantitative estimate of drug-likeness (QED) is 0.430. The zero-order chi connectivity index (χ0) is 21.5. The van der Waals surface area contributed by atoms with Crippen molar-refractivity contribution in [2.45, 2.75) is 44.6 Å². The molecule has 32 heavy (non-hydrogen) atoms. The molecule has 0 saturated heterocycles. The summed E-state index contributed by atoms with van der Waals surface area (Å²) in [6, 6.07) is 18.4. The van der Waals surface area contributed by atoms with Gasteiger partial charge in [-0.2, -0.15) is 0 Å². The van der Waals surface area contributed by atoms with Crippen LogP contribution in [0.4, 0.5) is 5.69 Å². The molecule has 0 N–H and O–H groups in total. The van der Waals surface area contributed by atoms with Crippen molar-refractivity contribution >= 4 is 17.0 Å². The third kappa shape index (κ3) is 3.30. The summed E-state index contributed by atoms with van der Waals surface area (Å²) >= 11 is 1.47. The van der Waals surface area contributed by atoms with Crippen molar-refractivity contribution in [3.63, 3.8) is 0 Å². The Morgan fingerprint density at radius 1 is 0.969 bits per heavy atom. The highest BCUT2D eigenvalue weighted by Crippen LogP contribution is 2.49. The maximum Gasteiger partial charge on any atom is 0.191 e. The smallest absolute Gasteiger partial charge is 0.191 e. The largest absolute Gasteiger partial charge is 0.365 e. The van der Waals surface area contributed by atoms with E-state index in [1.165, 1.54) is 58.5 Å². The highest BCUT2D eigenvalue weighted by atomic mass is 32.1. The monoisotopic (exact) mass is 439 g/mol. The van der Waals surface area contributed by atoms with Crippen molar-refractivity contribution in [2.75, 3.05) is 11.4 Å². The van der Waals surface area contributed by atoms with Crippen LogP contribution in [0.3, 0.4) is 0 Å². The van der Waals surface area contributed by atoms with E-state index in [4.69, 9.17) is 4.98 Å². The van der Waals surface area contributed by atoms with Crippen LogP contribution in [-0.4, -0.2) is 26.7 Å². The summed E-state index contributed by atoms with van der Waals surface area (Å²) in [6.45, 7) is 3.94. The topological polar surface area (TPSA) is 54.8 Å². The minimum Gasteiger partial charge on any atom is -0.365 e. The Morgan fingerprint density at radius 2 is 1.72 bits per heavy atom. The molecular weight excluding hydrogens is 414 g/mol. The van der Waals surface area contributed by atoms with Gasteiger partial charge in [0.15, 0.2) is 10.8 Å². The molecule has 1 aliphatic carbocycles. The van der Waals surface area contributed by atoms with Crippen molar-refractivity contribution in [3.05, 3.63) is 88.2 Å². The highest BCUT2D eigenvalue weighted by molar-refractivity contribution is 7.12. The number of fused-ring (bicyclic) bond motifs is 1. The second-order valence-electron chi connectivity index (χ2n) is 8.93. The molecule has 6 heteroatoms. The Balaban J connectivity index is 1.25. The van der Waals surface area contributed by atoms with Gasteiger partial charge in [-0.25, -0.2) is 9.97 Å². The number of hydrogen-bond acceptors (Lipinski definition) is 6. The van der Waals surface area contributed by atoms with E-state index in [2.05, 4.69) is 75.5 Å². The zero-order valence-electron chi connectivity index (χ0n) is 18.2. The van der Waals surface area contributed by atoms with E-state index in [-0.39, 0.29) is 5.41 Å². The van der Waals surface area contributed by atoms with E-state index in [1.807, 2.05) is 6.20 Å². The molecule has 4 aromatic rings. The van der Waals surface area contributed by atoms with Crippen LogP contribution in [0.25, 0.3) is 10.8 Å². The number of hydrogen-bond donors (Lipinski definition) is 0. The second kappa shape index (κ2) is 7.78. The van der Waals surface area contributed by atoms with Gasteiger partial charge in [0, 0.05) is 23.8 Å². The van der Waals surface area contributed by atoms with E-state index >= 15 is 0 Å². The molecule has 0 bridgehead atoms. The van der Waals surface area contributed by atoms with Gasteiger partial charge in [-0.05, 0) is 55.0 Å². The van der Waals surface area contributed by atoms with Gasteiger partial charge in [0.1, 0.15) is 5.51 Å². The first-order valence-corrected chi connectivity index (χ1v) is 12.1. The Hall–Kier alpha value is -3.12. The minimum atomic E-state index is 0.185. The molecule has 0 atom stereocenters. The van der Waals surface area contributed by atoms with Gasteiger partial charge in [-0.3, -0.25) is 0 Å². The summed E-state index contributed by atoms with van der Waals surface area (Å²) in [5.41, 5.74) is 9.71. The molecule has 0 radical (unpaired) electrons. The molecule has 5 nitrogen and oxygen atoms in total. The first kappa shape index (κ1) is 19.6. The number of rotatable bonds is 4. The SMILES string of the molecule is Cc1ccc(C2(c3ccc(N4CCc5cnc(-c6nncs6)nc5C4)cc3)CCC2)cc1. The van der Waals surface area contributed by atoms with E-state index in [1.54, 1.807) is 5.51 Å². The summed E-state index contributed by atoms with van der Waals surface area (Å²) in [5, 5.41) is 8.81. The van der Waals surface area contributed by atoms with Crippen LogP contribution >= 0.6 is 11.3 Å². The van der Waals surface area contributed by atoms with Crippen LogP contribution < -0.4 is 4.90 Å². The van der Waals surface area contributed by atoms with Gasteiger partial charge in [-0.1, -0.05) is 59.7 Å². The lowest BCUT2D eigenvalue weighted by Crippen LogP contribution is -2.35. The lowest BCUT2D eigenvalue weighted by atomic mass is 9.60. The van der Waals surface area contributed by atoms with E-state index in [0.29, 0.717) is 5.82 Å². The third-order valence-electron chi connectivity index (χ3n) is 7.09. The van der Waals surface area contributed by atoms with E-state index in [0.717, 1.165) is 30.2 Å². The average molecular weight is 440 g/mol. The van der Waals surface area contributed by atoms with Crippen molar-refractivity contribution in [1.82, 2.24) is 20.2 Å². The van der Waals surface area contributed by atoms with Crippen LogP contribution in [0.5, 0.6) is 0 Å². The predicted molar refractivity (Wildman–Crippen MR) is 128 cm³/mol. The van der Waals surface area contributed by atoms with Crippen LogP contribution in [0, 0.1) is 6.92 Å². The summed E-state index contributed by atoms with van der Waals surface area (Å²) in [6.07, 6.45) is 6.69. The Labute approximate surface area is 192 Å². The van der Waals surface area contributed by atoms with E-state index < -0.39 is 0 Å². The van der Waals surface area contributed by atoms with Crippen LogP contribution in [-0.2, 0) is 18.4 Å². The van der Waals surface area contributed by atoms with Crippen molar-refractivity contribution in [3.8, 4) is 10.8 Å². The van der Waals surface area contributed by atoms with Crippen LogP contribution in [0.15, 0.2) is 60.2 Å². The lowest BCUT2D eigenvalue weighted by Gasteiger charge is -2.43. The fourth-order valence-corrected chi connectivity index (χ4v) is 5.53. The summed E-state index contributed by atoms with van der Waals surface area (Å²) in [7, 11) is 0.